The summed E-state index contributed by atoms with van der Waals surface area (Å²) in [5, 5.41) is -0.139. The molecule has 1 aromatic heterocycles. The first-order chi connectivity index (χ1) is 14.3. The van der Waals surface area contributed by atoms with Gasteiger partial charge >= 0.3 is 12.4 Å². The Hall–Kier alpha value is -0.970. The molecular weight excluding hydrogens is 558 g/mol. The van der Waals surface area contributed by atoms with Crippen molar-refractivity contribution in [2.45, 2.75) is 30.6 Å². The molecule has 13 heteroatoms. The topological polar surface area (TPSA) is 29.0 Å². The van der Waals surface area contributed by atoms with Crippen LogP contribution in [0.5, 0.6) is 0 Å². The zero-order valence-corrected chi connectivity index (χ0v) is 19.2. The van der Waals surface area contributed by atoms with E-state index >= 15 is 0 Å². The van der Waals surface area contributed by atoms with Gasteiger partial charge in [0.1, 0.15) is 5.41 Å². The van der Waals surface area contributed by atoms with Crippen LogP contribution in [0.3, 0.4) is 0 Å². The minimum absolute atomic E-state index is 0.0172. The first-order valence-electron chi connectivity index (χ1n) is 8.76. The predicted octanol–water partition coefficient (Wildman–Crippen LogP) is 7.10. The fraction of sp³-hybridized carbons (Fsp3) is 0.444. The fourth-order valence-corrected chi connectivity index (χ4v) is 4.55. The van der Waals surface area contributed by atoms with Crippen molar-refractivity contribution in [3.8, 4) is 0 Å². The number of anilines is 1. The van der Waals surface area contributed by atoms with E-state index in [-0.39, 0.29) is 44.5 Å². The van der Waals surface area contributed by atoms with E-state index < -0.39 is 42.4 Å². The Bertz CT molecular complexity index is 962. The van der Waals surface area contributed by atoms with Gasteiger partial charge in [0.2, 0.25) is 5.95 Å². The molecule has 0 spiro atoms. The molecule has 1 aliphatic rings. The number of aryl methyl sites for hydroxylation is 1. The summed E-state index contributed by atoms with van der Waals surface area (Å²) < 4.78 is 82.9. The van der Waals surface area contributed by atoms with Crippen molar-refractivity contribution in [3.63, 3.8) is 0 Å². The number of hydrogen-bond donors (Lipinski definition) is 0. The maximum absolute atomic E-state index is 14.2. The van der Waals surface area contributed by atoms with E-state index in [1.165, 1.54) is 0 Å². The van der Waals surface area contributed by atoms with Crippen LogP contribution in [0.25, 0.3) is 0 Å². The molecule has 0 N–H and O–H groups in total. The predicted molar refractivity (Wildman–Crippen MR) is 111 cm³/mol. The second kappa shape index (κ2) is 8.76. The van der Waals surface area contributed by atoms with Crippen LogP contribution in [-0.4, -0.2) is 34.6 Å². The summed E-state index contributed by atoms with van der Waals surface area (Å²) in [6.07, 6.45) is -8.95. The van der Waals surface area contributed by atoms with Crippen LogP contribution in [0.15, 0.2) is 18.3 Å². The monoisotopic (exact) mass is 569 g/mol. The van der Waals surface area contributed by atoms with Crippen LogP contribution in [0.1, 0.15) is 23.2 Å². The average Bonchev–Trinajstić information content (AvgIpc) is 3.12. The number of halogens is 10. The average molecular weight is 572 g/mol. The molecule has 1 aromatic carbocycles. The Balaban J connectivity index is 2.04. The summed E-state index contributed by atoms with van der Waals surface area (Å²) >= 11 is 20.8. The van der Waals surface area contributed by atoms with Crippen LogP contribution in [0, 0.1) is 0 Å². The van der Waals surface area contributed by atoms with Crippen molar-refractivity contribution < 1.29 is 26.3 Å². The van der Waals surface area contributed by atoms with E-state index in [4.69, 9.17) is 34.8 Å². The lowest BCUT2D eigenvalue weighted by atomic mass is 9.79. The lowest BCUT2D eigenvalue weighted by Crippen LogP contribution is -2.45. The first-order valence-corrected chi connectivity index (χ1v) is 11.0. The molecular formula is C18H13BrCl3F6N3. The van der Waals surface area contributed by atoms with E-state index in [1.54, 1.807) is 0 Å². The molecule has 0 aliphatic carbocycles. The lowest BCUT2D eigenvalue weighted by molar-refractivity contribution is -0.184. The summed E-state index contributed by atoms with van der Waals surface area (Å²) in [6.45, 7) is -0.910. The standard InChI is InChI=1S/C18H13BrCl3F6N3/c19-3-1-9-7-29-15(30-14(9)17(23,24)25)31-4-2-16(8-31,18(26,27)28)10-5-11(20)13(22)12(21)6-10/h5-7H,1-4,8H2. The van der Waals surface area contributed by atoms with Gasteiger partial charge in [-0.1, -0.05) is 50.7 Å². The highest BCUT2D eigenvalue weighted by Gasteiger charge is 2.59. The largest absolute Gasteiger partial charge is 0.433 e. The van der Waals surface area contributed by atoms with Gasteiger partial charge in [0.05, 0.1) is 15.1 Å². The molecule has 1 saturated heterocycles. The number of nitrogens with zero attached hydrogens (tertiary/aromatic N) is 3. The summed E-state index contributed by atoms with van der Waals surface area (Å²) in [4.78, 5) is 8.54. The van der Waals surface area contributed by atoms with E-state index in [1.807, 2.05) is 0 Å². The Kier molecular flexibility index (Phi) is 6.97. The van der Waals surface area contributed by atoms with Gasteiger partial charge in [-0.15, -0.1) is 0 Å². The third-order valence-electron chi connectivity index (χ3n) is 5.12. The van der Waals surface area contributed by atoms with E-state index in [2.05, 4.69) is 25.9 Å². The van der Waals surface area contributed by atoms with E-state index in [0.717, 1.165) is 23.2 Å². The third-order valence-corrected chi connectivity index (χ3v) is 6.71. The van der Waals surface area contributed by atoms with Crippen molar-refractivity contribution in [1.82, 2.24) is 9.97 Å². The van der Waals surface area contributed by atoms with Gasteiger partial charge in [-0.3, -0.25) is 0 Å². The number of aromatic nitrogens is 2. The molecule has 1 fully saturated rings. The Morgan fingerprint density at radius 3 is 2.19 bits per heavy atom. The van der Waals surface area contributed by atoms with Crippen LogP contribution < -0.4 is 4.90 Å². The molecule has 3 rings (SSSR count). The Morgan fingerprint density at radius 2 is 1.68 bits per heavy atom. The second-order valence-corrected chi connectivity index (χ2v) is 8.97. The molecule has 0 bridgehead atoms. The SMILES string of the molecule is FC(F)(F)c1nc(N2CCC(c3cc(Cl)c(Cl)c(Cl)c3)(C(F)(F)F)C2)ncc1CCBr. The molecule has 1 atom stereocenters. The molecule has 2 heterocycles. The van der Waals surface area contributed by atoms with Crippen LogP contribution in [-0.2, 0) is 18.0 Å². The molecule has 31 heavy (non-hydrogen) atoms. The highest BCUT2D eigenvalue weighted by Crippen LogP contribution is 2.50. The zero-order chi connectivity index (χ0) is 23.2. The highest BCUT2D eigenvalue weighted by atomic mass is 79.9. The van der Waals surface area contributed by atoms with Gasteiger partial charge in [-0.25, -0.2) is 9.97 Å². The minimum Gasteiger partial charge on any atom is -0.340 e. The molecule has 0 radical (unpaired) electrons. The molecule has 2 aromatic rings. The van der Waals surface area contributed by atoms with Crippen molar-refractivity contribution in [3.05, 3.63) is 50.2 Å². The molecule has 0 saturated carbocycles. The minimum atomic E-state index is -4.77. The second-order valence-electron chi connectivity index (χ2n) is 6.99. The molecule has 170 valence electrons. The molecule has 1 aliphatic heterocycles. The van der Waals surface area contributed by atoms with Gasteiger partial charge < -0.3 is 4.90 Å². The number of alkyl halides is 7. The summed E-state index contributed by atoms with van der Waals surface area (Å²) in [7, 11) is 0. The van der Waals surface area contributed by atoms with Gasteiger partial charge in [0.15, 0.2) is 5.69 Å². The van der Waals surface area contributed by atoms with Crippen LogP contribution in [0.2, 0.25) is 15.1 Å². The highest BCUT2D eigenvalue weighted by molar-refractivity contribution is 9.09. The van der Waals surface area contributed by atoms with Gasteiger partial charge in [-0.2, -0.15) is 26.3 Å². The summed E-state index contributed by atoms with van der Waals surface area (Å²) in [6, 6.07) is 2.15. The molecule has 1 unspecified atom stereocenters. The quantitative estimate of drug-likeness (QED) is 0.223. The third kappa shape index (κ3) is 4.72. The number of hydrogen-bond acceptors (Lipinski definition) is 3. The van der Waals surface area contributed by atoms with Crippen molar-refractivity contribution in [1.29, 1.82) is 0 Å². The van der Waals surface area contributed by atoms with E-state index in [9.17, 15) is 26.3 Å². The maximum Gasteiger partial charge on any atom is 0.433 e. The fourth-order valence-electron chi connectivity index (χ4n) is 3.52. The Labute approximate surface area is 196 Å². The summed E-state index contributed by atoms with van der Waals surface area (Å²) in [5.41, 5.74) is -3.97. The van der Waals surface area contributed by atoms with Gasteiger partial charge in [-0.05, 0) is 30.5 Å². The van der Waals surface area contributed by atoms with E-state index in [0.29, 0.717) is 0 Å². The summed E-state index contributed by atoms with van der Waals surface area (Å²) in [5.74, 6) is -0.428. The van der Waals surface area contributed by atoms with Gasteiger partial charge in [0.25, 0.3) is 0 Å². The van der Waals surface area contributed by atoms with Crippen molar-refractivity contribution in [2.75, 3.05) is 23.3 Å². The van der Waals surface area contributed by atoms with Crippen molar-refractivity contribution in [2.24, 2.45) is 0 Å². The first kappa shape index (κ1) is 24.7. The smallest absolute Gasteiger partial charge is 0.340 e. The number of rotatable bonds is 4. The Morgan fingerprint density at radius 1 is 1.06 bits per heavy atom. The normalized spacial score (nSPS) is 19.9. The lowest BCUT2D eigenvalue weighted by Gasteiger charge is -2.32. The maximum atomic E-state index is 14.2. The zero-order valence-electron chi connectivity index (χ0n) is 15.4. The van der Waals surface area contributed by atoms with Crippen molar-refractivity contribution >= 4 is 56.7 Å². The van der Waals surface area contributed by atoms with Crippen LogP contribution >= 0.6 is 50.7 Å². The van der Waals surface area contributed by atoms with Crippen LogP contribution in [0.4, 0.5) is 32.3 Å². The molecule has 3 nitrogen and oxygen atoms in total. The molecule has 0 amide bonds. The van der Waals surface area contributed by atoms with Gasteiger partial charge in [0, 0.05) is 30.2 Å². The number of benzene rings is 1.